The minimum absolute atomic E-state index is 0.0369. The van der Waals surface area contributed by atoms with E-state index in [2.05, 4.69) is 17.5 Å². The number of nitriles is 1. The third-order valence-corrected chi connectivity index (χ3v) is 4.51. The van der Waals surface area contributed by atoms with Crippen LogP contribution in [-0.4, -0.2) is 30.4 Å². The van der Waals surface area contributed by atoms with Gasteiger partial charge in [0, 0.05) is 17.0 Å². The summed E-state index contributed by atoms with van der Waals surface area (Å²) < 4.78 is 0. The smallest absolute Gasteiger partial charge is 0.248 e. The fraction of sp³-hybridized carbons (Fsp3) is 0.263. The summed E-state index contributed by atoms with van der Waals surface area (Å²) in [7, 11) is 1.98. The fourth-order valence-corrected chi connectivity index (χ4v) is 3.28. The number of likely N-dealkylation sites (N-methyl/N-ethyl adjacent to an activating group) is 1. The van der Waals surface area contributed by atoms with Gasteiger partial charge in [-0.2, -0.15) is 5.26 Å². The van der Waals surface area contributed by atoms with E-state index < -0.39 is 0 Å². The Hall–Kier alpha value is -2.64. The number of amides is 1. The maximum absolute atomic E-state index is 12.9. The average molecular weight is 305 g/mol. The molecule has 1 aliphatic rings. The molecule has 23 heavy (non-hydrogen) atoms. The van der Waals surface area contributed by atoms with Gasteiger partial charge >= 0.3 is 0 Å². The molecule has 0 saturated carbocycles. The summed E-state index contributed by atoms with van der Waals surface area (Å²) in [6.45, 7) is 4.77. The summed E-state index contributed by atoms with van der Waals surface area (Å²) in [5, 5.41) is 11.0. The van der Waals surface area contributed by atoms with Gasteiger partial charge in [0.25, 0.3) is 0 Å². The number of anilines is 1. The Balaban J connectivity index is 2.09. The van der Waals surface area contributed by atoms with Gasteiger partial charge in [0.1, 0.15) is 0 Å². The normalized spacial score (nSPS) is 17.8. The predicted molar refractivity (Wildman–Crippen MR) is 92.0 cm³/mol. The predicted octanol–water partition coefficient (Wildman–Crippen LogP) is 3.28. The summed E-state index contributed by atoms with van der Waals surface area (Å²) in [6, 6.07) is 13.4. The third-order valence-electron chi connectivity index (χ3n) is 4.51. The molecule has 1 amide bonds. The zero-order chi connectivity index (χ0) is 16.4. The van der Waals surface area contributed by atoms with Gasteiger partial charge in [-0.25, -0.2) is 0 Å². The van der Waals surface area contributed by atoms with Crippen molar-refractivity contribution in [1.82, 2.24) is 4.90 Å². The number of hydrogen-bond donors (Lipinski definition) is 0. The van der Waals surface area contributed by atoms with Crippen LogP contribution in [0.4, 0.5) is 5.69 Å². The van der Waals surface area contributed by atoms with Crippen molar-refractivity contribution in [2.75, 3.05) is 18.5 Å². The van der Waals surface area contributed by atoms with Crippen LogP contribution in [0.5, 0.6) is 0 Å². The molecule has 4 heteroatoms. The van der Waals surface area contributed by atoms with Crippen molar-refractivity contribution in [1.29, 1.82) is 5.26 Å². The van der Waals surface area contributed by atoms with Crippen LogP contribution in [0.1, 0.15) is 18.4 Å². The minimum atomic E-state index is -0.109. The van der Waals surface area contributed by atoms with Crippen LogP contribution in [0.15, 0.2) is 49.2 Å². The molecule has 2 aromatic carbocycles. The number of hydrogen-bond acceptors (Lipinski definition) is 3. The van der Waals surface area contributed by atoms with Crippen LogP contribution in [0.3, 0.4) is 0 Å². The molecule has 0 radical (unpaired) electrons. The monoisotopic (exact) mass is 305 g/mol. The molecule has 0 aromatic heterocycles. The van der Waals surface area contributed by atoms with Gasteiger partial charge in [0.2, 0.25) is 5.91 Å². The van der Waals surface area contributed by atoms with Crippen LogP contribution in [0.25, 0.3) is 10.8 Å². The zero-order valence-corrected chi connectivity index (χ0v) is 13.2. The number of fused-ring (bicyclic) bond motifs is 1. The molecular weight excluding hydrogens is 286 g/mol. The average Bonchev–Trinajstić information content (AvgIpc) is 3.01. The zero-order valence-electron chi connectivity index (χ0n) is 13.2. The fourth-order valence-electron chi connectivity index (χ4n) is 3.28. The van der Waals surface area contributed by atoms with Crippen molar-refractivity contribution >= 4 is 22.4 Å². The molecule has 0 unspecified atom stereocenters. The first-order chi connectivity index (χ1) is 11.2. The van der Waals surface area contributed by atoms with Crippen molar-refractivity contribution in [2.45, 2.75) is 18.9 Å². The van der Waals surface area contributed by atoms with Gasteiger partial charge in [-0.15, -0.1) is 0 Å². The first-order valence-corrected chi connectivity index (χ1v) is 7.75. The van der Waals surface area contributed by atoms with Crippen molar-refractivity contribution in [3.63, 3.8) is 0 Å². The highest BCUT2D eigenvalue weighted by Gasteiger charge is 2.31. The number of carbonyl (C=O) groups excluding carboxylic acids is 1. The molecule has 1 heterocycles. The molecule has 116 valence electrons. The summed E-state index contributed by atoms with van der Waals surface area (Å²) in [6.07, 6.45) is 3.47. The standard InChI is InChI=1S/C19H19N3O/c1-3-22(19(23)18-9-6-12-21(18)2)17-11-10-14(13-20)15-7-4-5-8-16(15)17/h3-5,7-8,10-11,18H,1,6,9,12H2,2H3/t18-/m1/s1. The number of rotatable bonds is 3. The molecule has 2 aromatic rings. The maximum atomic E-state index is 12.9. The summed E-state index contributed by atoms with van der Waals surface area (Å²) >= 11 is 0. The Morgan fingerprint density at radius 1 is 1.35 bits per heavy atom. The van der Waals surface area contributed by atoms with Crippen LogP contribution < -0.4 is 4.90 Å². The third kappa shape index (κ3) is 2.60. The van der Waals surface area contributed by atoms with Gasteiger partial charge in [0.05, 0.1) is 23.4 Å². The first-order valence-electron chi connectivity index (χ1n) is 7.75. The van der Waals surface area contributed by atoms with E-state index in [1.807, 2.05) is 37.4 Å². The molecule has 0 N–H and O–H groups in total. The first kappa shape index (κ1) is 15.3. The Kier molecular flexibility index (Phi) is 4.14. The second kappa shape index (κ2) is 6.23. The van der Waals surface area contributed by atoms with Crippen molar-refractivity contribution in [2.24, 2.45) is 0 Å². The Bertz CT molecular complexity index is 806. The molecular formula is C19H19N3O. The Morgan fingerprint density at radius 2 is 2.09 bits per heavy atom. The van der Waals surface area contributed by atoms with E-state index in [0.29, 0.717) is 5.56 Å². The Morgan fingerprint density at radius 3 is 2.70 bits per heavy atom. The van der Waals surface area contributed by atoms with Gasteiger partial charge in [-0.3, -0.25) is 14.6 Å². The molecule has 0 spiro atoms. The van der Waals surface area contributed by atoms with Crippen molar-refractivity contribution in [3.05, 3.63) is 54.7 Å². The lowest BCUT2D eigenvalue weighted by atomic mass is 10.0. The second-order valence-corrected chi connectivity index (χ2v) is 5.82. The van der Waals surface area contributed by atoms with Crippen molar-refractivity contribution < 1.29 is 4.79 Å². The van der Waals surface area contributed by atoms with E-state index in [9.17, 15) is 10.1 Å². The van der Waals surface area contributed by atoms with Crippen LogP contribution in [0, 0.1) is 11.3 Å². The Labute approximate surface area is 136 Å². The number of nitrogens with zero attached hydrogens (tertiary/aromatic N) is 3. The van der Waals surface area contributed by atoms with E-state index in [0.717, 1.165) is 35.8 Å². The van der Waals surface area contributed by atoms with Crippen LogP contribution >= 0.6 is 0 Å². The minimum Gasteiger partial charge on any atom is -0.295 e. The maximum Gasteiger partial charge on any atom is 0.248 e. The van der Waals surface area contributed by atoms with Gasteiger partial charge in [-0.1, -0.05) is 30.8 Å². The number of likely N-dealkylation sites (tertiary alicyclic amines) is 1. The quantitative estimate of drug-likeness (QED) is 0.874. The summed E-state index contributed by atoms with van der Waals surface area (Å²) in [4.78, 5) is 16.6. The molecule has 4 nitrogen and oxygen atoms in total. The highest BCUT2D eigenvalue weighted by molar-refractivity contribution is 6.07. The largest absolute Gasteiger partial charge is 0.295 e. The van der Waals surface area contributed by atoms with E-state index in [-0.39, 0.29) is 11.9 Å². The molecule has 1 fully saturated rings. The highest BCUT2D eigenvalue weighted by atomic mass is 16.2. The van der Waals surface area contributed by atoms with Crippen LogP contribution in [0.2, 0.25) is 0 Å². The van der Waals surface area contributed by atoms with E-state index >= 15 is 0 Å². The number of carbonyl (C=O) groups is 1. The molecule has 1 saturated heterocycles. The topological polar surface area (TPSA) is 47.3 Å². The van der Waals surface area contributed by atoms with E-state index in [4.69, 9.17) is 0 Å². The van der Waals surface area contributed by atoms with Gasteiger partial charge < -0.3 is 0 Å². The summed E-state index contributed by atoms with van der Waals surface area (Å²) in [5.41, 5.74) is 1.39. The molecule has 0 aliphatic carbocycles. The molecule has 1 aliphatic heterocycles. The number of benzene rings is 2. The van der Waals surface area contributed by atoms with E-state index in [1.165, 1.54) is 0 Å². The molecule has 3 rings (SSSR count). The van der Waals surface area contributed by atoms with Gasteiger partial charge in [-0.05, 0) is 38.6 Å². The lowest BCUT2D eigenvalue weighted by Gasteiger charge is -2.26. The lowest BCUT2D eigenvalue weighted by Crippen LogP contribution is -2.42. The molecule has 0 bridgehead atoms. The summed E-state index contributed by atoms with van der Waals surface area (Å²) in [5.74, 6) is 0.0369. The van der Waals surface area contributed by atoms with Gasteiger partial charge in [0.15, 0.2) is 0 Å². The van der Waals surface area contributed by atoms with Crippen LogP contribution in [-0.2, 0) is 4.79 Å². The molecule has 1 atom stereocenters. The lowest BCUT2D eigenvalue weighted by molar-refractivity contribution is -0.121. The second-order valence-electron chi connectivity index (χ2n) is 5.82. The SMILES string of the molecule is C=CN(C(=O)[C@H]1CCCN1C)c1ccc(C#N)c2ccccc12. The highest BCUT2D eigenvalue weighted by Crippen LogP contribution is 2.31. The van der Waals surface area contributed by atoms with E-state index in [1.54, 1.807) is 17.2 Å². The van der Waals surface area contributed by atoms with Crippen molar-refractivity contribution in [3.8, 4) is 6.07 Å².